The molecule has 0 radical (unpaired) electrons. The summed E-state index contributed by atoms with van der Waals surface area (Å²) in [4.78, 5) is 11.4. The van der Waals surface area contributed by atoms with E-state index in [9.17, 15) is 4.79 Å². The summed E-state index contributed by atoms with van der Waals surface area (Å²) in [5, 5.41) is 6.09. The number of aryl methyl sites for hydroxylation is 1. The third-order valence-electron chi connectivity index (χ3n) is 2.53. The lowest BCUT2D eigenvalue weighted by Crippen LogP contribution is -2.33. The summed E-state index contributed by atoms with van der Waals surface area (Å²) in [5.41, 5.74) is 1.86. The molecule has 1 amide bonds. The van der Waals surface area contributed by atoms with E-state index in [1.54, 1.807) is 0 Å². The SMILES string of the molecule is Cc1cc(Br)ccc1NCCCNC(=O)OC(C)(C)C. The zero-order valence-corrected chi connectivity index (χ0v) is 14.1. The van der Waals surface area contributed by atoms with Gasteiger partial charge in [0.1, 0.15) is 5.60 Å². The molecule has 4 nitrogen and oxygen atoms in total. The summed E-state index contributed by atoms with van der Waals surface area (Å²) in [6, 6.07) is 6.12. The molecule has 0 aliphatic heterocycles. The van der Waals surface area contributed by atoms with Gasteiger partial charge in [0.2, 0.25) is 0 Å². The number of carbonyl (C=O) groups is 1. The number of alkyl carbamates (subject to hydrolysis) is 1. The summed E-state index contributed by atoms with van der Waals surface area (Å²) in [7, 11) is 0. The summed E-state index contributed by atoms with van der Waals surface area (Å²) in [6.45, 7) is 9.02. The van der Waals surface area contributed by atoms with Crippen molar-refractivity contribution in [3.63, 3.8) is 0 Å². The largest absolute Gasteiger partial charge is 0.444 e. The molecule has 0 aliphatic rings. The van der Waals surface area contributed by atoms with Gasteiger partial charge in [-0.05, 0) is 57.9 Å². The second-order valence-corrected chi connectivity index (χ2v) is 6.58. The van der Waals surface area contributed by atoms with Crippen molar-refractivity contribution in [2.45, 2.75) is 39.7 Å². The molecule has 1 aromatic rings. The number of hydrogen-bond acceptors (Lipinski definition) is 3. The Hall–Kier alpha value is -1.23. The highest BCUT2D eigenvalue weighted by molar-refractivity contribution is 9.10. The Morgan fingerprint density at radius 1 is 1.30 bits per heavy atom. The van der Waals surface area contributed by atoms with Crippen LogP contribution in [0.2, 0.25) is 0 Å². The van der Waals surface area contributed by atoms with E-state index < -0.39 is 5.60 Å². The third kappa shape index (κ3) is 6.80. The van der Waals surface area contributed by atoms with E-state index in [4.69, 9.17) is 4.74 Å². The average Bonchev–Trinajstić information content (AvgIpc) is 2.28. The first-order valence-corrected chi connectivity index (χ1v) is 7.54. The molecule has 0 unspecified atom stereocenters. The molecular weight excluding hydrogens is 320 g/mol. The van der Waals surface area contributed by atoms with Crippen LogP contribution in [0.5, 0.6) is 0 Å². The molecule has 1 rings (SSSR count). The van der Waals surface area contributed by atoms with Gasteiger partial charge < -0.3 is 15.4 Å². The summed E-state index contributed by atoms with van der Waals surface area (Å²) < 4.78 is 6.24. The van der Waals surface area contributed by atoms with Crippen molar-refractivity contribution in [3.05, 3.63) is 28.2 Å². The summed E-state index contributed by atoms with van der Waals surface area (Å²) in [6.07, 6.45) is 0.478. The zero-order valence-electron chi connectivity index (χ0n) is 12.5. The van der Waals surface area contributed by atoms with E-state index in [1.165, 1.54) is 5.56 Å². The van der Waals surface area contributed by atoms with Crippen LogP contribution in [0.4, 0.5) is 10.5 Å². The average molecular weight is 343 g/mol. The topological polar surface area (TPSA) is 50.4 Å². The lowest BCUT2D eigenvalue weighted by atomic mass is 10.2. The number of anilines is 1. The van der Waals surface area contributed by atoms with Crippen molar-refractivity contribution in [2.75, 3.05) is 18.4 Å². The summed E-state index contributed by atoms with van der Waals surface area (Å²) >= 11 is 3.44. The summed E-state index contributed by atoms with van der Waals surface area (Å²) in [5.74, 6) is 0. The second kappa shape index (κ2) is 7.53. The Bertz CT molecular complexity index is 456. The van der Waals surface area contributed by atoms with E-state index in [1.807, 2.05) is 32.9 Å². The lowest BCUT2D eigenvalue weighted by Gasteiger charge is -2.19. The first kappa shape index (κ1) is 16.8. The van der Waals surface area contributed by atoms with Gasteiger partial charge in [-0.25, -0.2) is 4.79 Å². The number of hydrogen-bond donors (Lipinski definition) is 2. The van der Waals surface area contributed by atoms with Crippen molar-refractivity contribution in [1.82, 2.24) is 5.32 Å². The monoisotopic (exact) mass is 342 g/mol. The van der Waals surface area contributed by atoms with Crippen LogP contribution in [0.25, 0.3) is 0 Å². The second-order valence-electron chi connectivity index (χ2n) is 5.67. The number of rotatable bonds is 5. The van der Waals surface area contributed by atoms with Gasteiger partial charge in [0.15, 0.2) is 0 Å². The highest BCUT2D eigenvalue weighted by Crippen LogP contribution is 2.19. The molecule has 20 heavy (non-hydrogen) atoms. The molecule has 0 aromatic heterocycles. The fraction of sp³-hybridized carbons (Fsp3) is 0.533. The maximum absolute atomic E-state index is 11.4. The number of halogens is 1. The molecule has 2 N–H and O–H groups in total. The fourth-order valence-corrected chi connectivity index (χ4v) is 2.12. The lowest BCUT2D eigenvalue weighted by molar-refractivity contribution is 0.0528. The zero-order chi connectivity index (χ0) is 15.2. The Morgan fingerprint density at radius 3 is 2.60 bits per heavy atom. The predicted molar refractivity (Wildman–Crippen MR) is 86.2 cm³/mol. The number of benzene rings is 1. The number of carbonyl (C=O) groups excluding carboxylic acids is 1. The van der Waals surface area contributed by atoms with Crippen LogP contribution < -0.4 is 10.6 Å². The standard InChI is InChI=1S/C15H23BrN2O2/c1-11-10-12(16)6-7-13(11)17-8-5-9-18-14(19)20-15(2,3)4/h6-7,10,17H,5,8-9H2,1-4H3,(H,18,19). The van der Waals surface area contributed by atoms with Crippen LogP contribution in [-0.4, -0.2) is 24.8 Å². The smallest absolute Gasteiger partial charge is 0.407 e. The minimum absolute atomic E-state index is 0.364. The molecule has 0 heterocycles. The Labute approximate surface area is 129 Å². The van der Waals surface area contributed by atoms with E-state index in [0.717, 1.165) is 23.1 Å². The minimum Gasteiger partial charge on any atom is -0.444 e. The van der Waals surface area contributed by atoms with Crippen molar-refractivity contribution in [3.8, 4) is 0 Å². The molecule has 5 heteroatoms. The van der Waals surface area contributed by atoms with Crippen LogP contribution in [0, 0.1) is 6.92 Å². The van der Waals surface area contributed by atoms with Crippen molar-refractivity contribution < 1.29 is 9.53 Å². The van der Waals surface area contributed by atoms with Gasteiger partial charge in [0, 0.05) is 23.2 Å². The van der Waals surface area contributed by atoms with Crippen LogP contribution in [0.3, 0.4) is 0 Å². The van der Waals surface area contributed by atoms with Crippen LogP contribution in [-0.2, 0) is 4.74 Å². The molecule has 0 spiro atoms. The van der Waals surface area contributed by atoms with E-state index in [0.29, 0.717) is 6.54 Å². The number of nitrogens with one attached hydrogen (secondary N) is 2. The third-order valence-corrected chi connectivity index (χ3v) is 3.02. The first-order chi connectivity index (χ1) is 9.28. The molecule has 0 fully saturated rings. The highest BCUT2D eigenvalue weighted by Gasteiger charge is 2.15. The van der Waals surface area contributed by atoms with Gasteiger partial charge in [-0.2, -0.15) is 0 Å². The maximum atomic E-state index is 11.4. The molecular formula is C15H23BrN2O2. The van der Waals surface area contributed by atoms with Gasteiger partial charge in [-0.15, -0.1) is 0 Å². The fourth-order valence-electron chi connectivity index (χ4n) is 1.64. The van der Waals surface area contributed by atoms with Crippen molar-refractivity contribution in [1.29, 1.82) is 0 Å². The van der Waals surface area contributed by atoms with Crippen molar-refractivity contribution in [2.24, 2.45) is 0 Å². The maximum Gasteiger partial charge on any atom is 0.407 e. The van der Waals surface area contributed by atoms with Gasteiger partial charge in [0.05, 0.1) is 0 Å². The van der Waals surface area contributed by atoms with Crippen molar-refractivity contribution >= 4 is 27.7 Å². The van der Waals surface area contributed by atoms with Gasteiger partial charge in [0.25, 0.3) is 0 Å². The first-order valence-electron chi connectivity index (χ1n) is 6.75. The molecule has 112 valence electrons. The van der Waals surface area contributed by atoms with E-state index in [-0.39, 0.29) is 6.09 Å². The quantitative estimate of drug-likeness (QED) is 0.792. The van der Waals surface area contributed by atoms with E-state index >= 15 is 0 Å². The van der Waals surface area contributed by atoms with E-state index in [2.05, 4.69) is 39.6 Å². The molecule has 0 saturated heterocycles. The molecule has 0 bridgehead atoms. The molecule has 1 aromatic carbocycles. The molecule has 0 aliphatic carbocycles. The normalized spacial score (nSPS) is 11.1. The Kier molecular flexibility index (Phi) is 6.33. The van der Waals surface area contributed by atoms with Gasteiger partial charge >= 0.3 is 6.09 Å². The minimum atomic E-state index is -0.448. The van der Waals surface area contributed by atoms with Crippen LogP contribution >= 0.6 is 15.9 Å². The predicted octanol–water partition coefficient (Wildman–Crippen LogP) is 4.08. The number of ether oxygens (including phenoxy) is 1. The van der Waals surface area contributed by atoms with Crippen LogP contribution in [0.1, 0.15) is 32.8 Å². The Morgan fingerprint density at radius 2 is 2.00 bits per heavy atom. The van der Waals surface area contributed by atoms with Gasteiger partial charge in [-0.3, -0.25) is 0 Å². The van der Waals surface area contributed by atoms with Gasteiger partial charge in [-0.1, -0.05) is 15.9 Å². The van der Waals surface area contributed by atoms with Crippen LogP contribution in [0.15, 0.2) is 22.7 Å². The molecule has 0 saturated carbocycles. The highest BCUT2D eigenvalue weighted by atomic mass is 79.9. The Balaban J connectivity index is 2.21. The molecule has 0 atom stereocenters. The number of amides is 1.